The Labute approximate surface area is 123 Å². The summed E-state index contributed by atoms with van der Waals surface area (Å²) < 4.78 is 11.2. The maximum absolute atomic E-state index is 10.8. The van der Waals surface area contributed by atoms with Gasteiger partial charge >= 0.3 is 0 Å². The van der Waals surface area contributed by atoms with E-state index in [1.54, 1.807) is 11.8 Å². The highest BCUT2D eigenvalue weighted by atomic mass is 32.2. The van der Waals surface area contributed by atoms with Crippen LogP contribution in [0.4, 0.5) is 0 Å². The number of thioether (sulfide) groups is 1. The Bertz CT molecular complexity index is 480. The van der Waals surface area contributed by atoms with Gasteiger partial charge in [0.1, 0.15) is 13.2 Å². The zero-order valence-electron chi connectivity index (χ0n) is 11.8. The molecule has 0 unspecified atom stereocenters. The van der Waals surface area contributed by atoms with Crippen molar-refractivity contribution in [3.63, 3.8) is 0 Å². The first kappa shape index (κ1) is 15.0. The lowest BCUT2D eigenvalue weighted by Gasteiger charge is -2.21. The normalized spacial score (nSPS) is 13.1. The van der Waals surface area contributed by atoms with Crippen LogP contribution in [0, 0.1) is 0 Å². The zero-order chi connectivity index (χ0) is 14.4. The van der Waals surface area contributed by atoms with E-state index in [2.05, 4.69) is 10.6 Å². The Kier molecular flexibility index (Phi) is 5.55. The standard InChI is InChI=1S/C14H20N2O3S/c1-10(17)16-4-3-15-9-11-7-12-13(8-14(11)20-2)19-6-5-18-12/h7-8,15H,3-6,9H2,1-2H3,(H,16,17). The van der Waals surface area contributed by atoms with E-state index in [0.717, 1.165) is 24.6 Å². The van der Waals surface area contributed by atoms with E-state index >= 15 is 0 Å². The summed E-state index contributed by atoms with van der Waals surface area (Å²) in [5, 5.41) is 6.07. The molecule has 1 heterocycles. The third-order valence-electron chi connectivity index (χ3n) is 2.94. The molecular formula is C14H20N2O3S. The SMILES string of the molecule is CSc1cc2c(cc1CNCCNC(C)=O)OCCO2. The molecule has 2 rings (SSSR count). The first-order chi connectivity index (χ1) is 9.70. The van der Waals surface area contributed by atoms with Crippen LogP contribution in [0.5, 0.6) is 11.5 Å². The van der Waals surface area contributed by atoms with Crippen molar-refractivity contribution >= 4 is 17.7 Å². The van der Waals surface area contributed by atoms with Crippen molar-refractivity contribution in [2.75, 3.05) is 32.6 Å². The molecule has 0 radical (unpaired) electrons. The molecule has 20 heavy (non-hydrogen) atoms. The van der Waals surface area contributed by atoms with Gasteiger partial charge in [-0.3, -0.25) is 4.79 Å². The van der Waals surface area contributed by atoms with Crippen molar-refractivity contribution in [2.24, 2.45) is 0 Å². The first-order valence-electron chi connectivity index (χ1n) is 6.62. The topological polar surface area (TPSA) is 59.6 Å². The van der Waals surface area contributed by atoms with Gasteiger partial charge < -0.3 is 20.1 Å². The van der Waals surface area contributed by atoms with Crippen LogP contribution in [0.25, 0.3) is 0 Å². The van der Waals surface area contributed by atoms with E-state index < -0.39 is 0 Å². The van der Waals surface area contributed by atoms with E-state index in [4.69, 9.17) is 9.47 Å². The number of ether oxygens (including phenoxy) is 2. The fourth-order valence-corrected chi connectivity index (χ4v) is 2.61. The molecule has 6 heteroatoms. The summed E-state index contributed by atoms with van der Waals surface area (Å²) in [6.07, 6.45) is 2.05. The van der Waals surface area contributed by atoms with Gasteiger partial charge in [0.25, 0.3) is 0 Å². The lowest BCUT2D eigenvalue weighted by molar-refractivity contribution is -0.118. The molecule has 1 aliphatic rings. The zero-order valence-corrected chi connectivity index (χ0v) is 12.6. The van der Waals surface area contributed by atoms with Gasteiger partial charge in [0, 0.05) is 31.5 Å². The van der Waals surface area contributed by atoms with Crippen LogP contribution < -0.4 is 20.1 Å². The first-order valence-corrected chi connectivity index (χ1v) is 7.85. The van der Waals surface area contributed by atoms with Crippen LogP contribution in [0.2, 0.25) is 0 Å². The van der Waals surface area contributed by atoms with Crippen molar-refractivity contribution in [1.29, 1.82) is 0 Å². The van der Waals surface area contributed by atoms with E-state index in [-0.39, 0.29) is 5.91 Å². The van der Waals surface area contributed by atoms with Crippen LogP contribution >= 0.6 is 11.8 Å². The van der Waals surface area contributed by atoms with Crippen LogP contribution in [0.1, 0.15) is 12.5 Å². The van der Waals surface area contributed by atoms with Gasteiger partial charge in [0.2, 0.25) is 5.91 Å². The Morgan fingerprint density at radius 1 is 1.25 bits per heavy atom. The van der Waals surface area contributed by atoms with Crippen LogP contribution in [-0.4, -0.2) is 38.5 Å². The van der Waals surface area contributed by atoms with Crippen molar-refractivity contribution < 1.29 is 14.3 Å². The third kappa shape index (κ3) is 4.05. The van der Waals surface area contributed by atoms with Crippen LogP contribution in [0.3, 0.4) is 0 Å². The van der Waals surface area contributed by atoms with Gasteiger partial charge in [0.05, 0.1) is 0 Å². The number of carbonyl (C=O) groups is 1. The van der Waals surface area contributed by atoms with Crippen LogP contribution in [-0.2, 0) is 11.3 Å². The molecule has 110 valence electrons. The number of benzene rings is 1. The van der Waals surface area contributed by atoms with Gasteiger partial charge in [-0.05, 0) is 24.0 Å². The van der Waals surface area contributed by atoms with E-state index in [0.29, 0.717) is 19.8 Å². The average molecular weight is 296 g/mol. The molecule has 2 N–H and O–H groups in total. The van der Waals surface area contributed by atoms with E-state index in [1.807, 2.05) is 18.4 Å². The second kappa shape index (κ2) is 7.40. The van der Waals surface area contributed by atoms with Gasteiger partial charge in [-0.1, -0.05) is 0 Å². The maximum Gasteiger partial charge on any atom is 0.216 e. The second-order valence-corrected chi connectivity index (χ2v) is 5.32. The Balaban J connectivity index is 1.94. The summed E-state index contributed by atoms with van der Waals surface area (Å²) in [6.45, 7) is 4.84. The highest BCUT2D eigenvalue weighted by Crippen LogP contribution is 2.36. The van der Waals surface area contributed by atoms with Gasteiger partial charge in [-0.2, -0.15) is 0 Å². The smallest absolute Gasteiger partial charge is 0.216 e. The summed E-state index contributed by atoms with van der Waals surface area (Å²) in [5.41, 5.74) is 1.18. The minimum atomic E-state index is -0.00377. The summed E-state index contributed by atoms with van der Waals surface area (Å²) >= 11 is 1.69. The summed E-state index contributed by atoms with van der Waals surface area (Å²) in [5.74, 6) is 1.63. The van der Waals surface area contributed by atoms with Gasteiger partial charge in [-0.15, -0.1) is 11.8 Å². The minimum Gasteiger partial charge on any atom is -0.486 e. The number of fused-ring (bicyclic) bond motifs is 1. The van der Waals surface area contributed by atoms with Gasteiger partial charge in [-0.25, -0.2) is 0 Å². The van der Waals surface area contributed by atoms with Crippen molar-refractivity contribution in [2.45, 2.75) is 18.4 Å². The van der Waals surface area contributed by atoms with Crippen molar-refractivity contribution in [3.05, 3.63) is 17.7 Å². The number of hydrogen-bond donors (Lipinski definition) is 2. The summed E-state index contributed by atoms with van der Waals surface area (Å²) in [7, 11) is 0. The fourth-order valence-electron chi connectivity index (χ4n) is 1.99. The number of amides is 1. The molecule has 1 aromatic carbocycles. The molecule has 1 amide bonds. The van der Waals surface area contributed by atoms with Crippen LogP contribution in [0.15, 0.2) is 17.0 Å². The molecule has 0 atom stereocenters. The number of nitrogens with one attached hydrogen (secondary N) is 2. The molecular weight excluding hydrogens is 276 g/mol. The van der Waals surface area contributed by atoms with E-state index in [9.17, 15) is 4.79 Å². The molecule has 0 saturated carbocycles. The molecule has 0 bridgehead atoms. The molecule has 0 spiro atoms. The number of carbonyl (C=O) groups excluding carboxylic acids is 1. The number of rotatable bonds is 6. The highest BCUT2D eigenvalue weighted by molar-refractivity contribution is 7.98. The minimum absolute atomic E-state index is 0.00377. The molecule has 0 aliphatic carbocycles. The number of hydrogen-bond acceptors (Lipinski definition) is 5. The largest absolute Gasteiger partial charge is 0.486 e. The molecule has 1 aromatic rings. The second-order valence-electron chi connectivity index (χ2n) is 4.47. The molecule has 5 nitrogen and oxygen atoms in total. The molecule has 0 aromatic heterocycles. The lowest BCUT2D eigenvalue weighted by atomic mass is 10.2. The summed E-state index contributed by atoms with van der Waals surface area (Å²) in [6, 6.07) is 4.07. The third-order valence-corrected chi connectivity index (χ3v) is 3.76. The monoisotopic (exact) mass is 296 g/mol. The predicted octanol–water partition coefficient (Wildman–Crippen LogP) is 1.41. The lowest BCUT2D eigenvalue weighted by Crippen LogP contribution is -2.30. The van der Waals surface area contributed by atoms with Crippen molar-refractivity contribution in [3.8, 4) is 11.5 Å². The quantitative estimate of drug-likeness (QED) is 0.614. The molecule has 0 saturated heterocycles. The Hall–Kier alpha value is -1.40. The molecule has 0 fully saturated rings. The van der Waals surface area contributed by atoms with E-state index in [1.165, 1.54) is 17.4 Å². The Morgan fingerprint density at radius 2 is 1.95 bits per heavy atom. The van der Waals surface area contributed by atoms with Crippen molar-refractivity contribution in [1.82, 2.24) is 10.6 Å². The Morgan fingerprint density at radius 3 is 2.60 bits per heavy atom. The average Bonchev–Trinajstić information content (AvgIpc) is 2.45. The molecule has 1 aliphatic heterocycles. The van der Waals surface area contributed by atoms with Gasteiger partial charge in [0.15, 0.2) is 11.5 Å². The maximum atomic E-state index is 10.8. The highest BCUT2D eigenvalue weighted by Gasteiger charge is 2.15. The summed E-state index contributed by atoms with van der Waals surface area (Å²) in [4.78, 5) is 11.9. The predicted molar refractivity (Wildman–Crippen MR) is 79.6 cm³/mol. The fraction of sp³-hybridized carbons (Fsp3) is 0.500.